The number of carbonyl (C=O) groups excluding carboxylic acids is 1. The van der Waals surface area contributed by atoms with Gasteiger partial charge in [0.1, 0.15) is 6.54 Å². The van der Waals surface area contributed by atoms with Crippen molar-refractivity contribution in [3.05, 3.63) is 34.7 Å². The SMILES string of the molecule is CCn1c(=O)n(CC(=O)N2CC(C)CC(C)C2)c2ccccc21. The van der Waals surface area contributed by atoms with E-state index in [2.05, 4.69) is 13.8 Å². The van der Waals surface area contributed by atoms with Gasteiger partial charge in [-0.2, -0.15) is 0 Å². The van der Waals surface area contributed by atoms with Crippen molar-refractivity contribution in [1.29, 1.82) is 0 Å². The van der Waals surface area contributed by atoms with E-state index < -0.39 is 0 Å². The second-order valence-electron chi connectivity index (χ2n) is 6.85. The molecule has 2 heterocycles. The van der Waals surface area contributed by atoms with E-state index in [0.29, 0.717) is 18.4 Å². The predicted octanol–water partition coefficient (Wildman–Crippen LogP) is 2.33. The molecule has 1 aliphatic rings. The van der Waals surface area contributed by atoms with Crippen LogP contribution < -0.4 is 5.69 Å². The van der Waals surface area contributed by atoms with Crippen LogP contribution in [0.25, 0.3) is 11.0 Å². The molecule has 1 fully saturated rings. The van der Waals surface area contributed by atoms with E-state index in [-0.39, 0.29) is 18.1 Å². The first-order chi connectivity index (χ1) is 11.0. The standard InChI is InChI=1S/C18H25N3O2/c1-4-20-15-7-5-6-8-16(15)21(18(20)23)12-17(22)19-10-13(2)9-14(3)11-19/h5-8,13-14H,4,9-12H2,1-3H3. The second-order valence-corrected chi connectivity index (χ2v) is 6.85. The molecule has 2 atom stereocenters. The zero-order valence-electron chi connectivity index (χ0n) is 14.2. The summed E-state index contributed by atoms with van der Waals surface area (Å²) in [6.07, 6.45) is 1.17. The molecule has 3 rings (SSSR count). The Hall–Kier alpha value is -2.04. The van der Waals surface area contributed by atoms with Crippen molar-refractivity contribution in [2.45, 2.75) is 40.3 Å². The molecule has 1 aromatic carbocycles. The highest BCUT2D eigenvalue weighted by Crippen LogP contribution is 2.21. The topological polar surface area (TPSA) is 47.2 Å². The fourth-order valence-electron chi connectivity index (χ4n) is 3.83. The molecule has 124 valence electrons. The molecule has 2 unspecified atom stereocenters. The predicted molar refractivity (Wildman–Crippen MR) is 91.4 cm³/mol. The molecule has 1 aliphatic heterocycles. The highest BCUT2D eigenvalue weighted by Gasteiger charge is 2.26. The first-order valence-corrected chi connectivity index (χ1v) is 8.47. The maximum Gasteiger partial charge on any atom is 0.329 e. The third kappa shape index (κ3) is 2.92. The van der Waals surface area contributed by atoms with Gasteiger partial charge >= 0.3 is 5.69 Å². The van der Waals surface area contributed by atoms with E-state index >= 15 is 0 Å². The molecule has 0 spiro atoms. The van der Waals surface area contributed by atoms with E-state index in [1.54, 1.807) is 9.13 Å². The van der Waals surface area contributed by atoms with Crippen LogP contribution in [0.15, 0.2) is 29.1 Å². The maximum atomic E-state index is 12.7. The number of para-hydroxylation sites is 2. The molecule has 1 aromatic heterocycles. The number of likely N-dealkylation sites (tertiary alicyclic amines) is 1. The van der Waals surface area contributed by atoms with Crippen LogP contribution in [-0.2, 0) is 17.9 Å². The molecule has 0 aliphatic carbocycles. The van der Waals surface area contributed by atoms with Crippen LogP contribution >= 0.6 is 0 Å². The molecule has 0 bridgehead atoms. The molecule has 2 aromatic rings. The zero-order valence-corrected chi connectivity index (χ0v) is 14.2. The third-order valence-electron chi connectivity index (χ3n) is 4.76. The highest BCUT2D eigenvalue weighted by atomic mass is 16.2. The highest BCUT2D eigenvalue weighted by molar-refractivity contribution is 5.81. The summed E-state index contributed by atoms with van der Waals surface area (Å²) in [4.78, 5) is 27.3. The number of imidazole rings is 1. The van der Waals surface area contributed by atoms with E-state index in [1.165, 1.54) is 6.42 Å². The molecular weight excluding hydrogens is 290 g/mol. The number of nitrogens with zero attached hydrogens (tertiary/aromatic N) is 3. The first kappa shape index (κ1) is 15.8. The number of benzene rings is 1. The van der Waals surface area contributed by atoms with Crippen LogP contribution in [0, 0.1) is 11.8 Å². The Morgan fingerprint density at radius 3 is 2.22 bits per heavy atom. The van der Waals surface area contributed by atoms with Gasteiger partial charge in [-0.3, -0.25) is 13.9 Å². The summed E-state index contributed by atoms with van der Waals surface area (Å²) < 4.78 is 3.34. The van der Waals surface area contributed by atoms with E-state index in [1.807, 2.05) is 36.1 Å². The number of hydrogen-bond acceptors (Lipinski definition) is 2. The Bertz CT molecular complexity index is 764. The number of hydrogen-bond donors (Lipinski definition) is 0. The van der Waals surface area contributed by atoms with E-state index in [0.717, 1.165) is 24.1 Å². The number of carbonyl (C=O) groups is 1. The molecule has 0 N–H and O–H groups in total. The van der Waals surface area contributed by atoms with Crippen LogP contribution in [0.1, 0.15) is 27.2 Å². The van der Waals surface area contributed by atoms with Crippen molar-refractivity contribution in [3.63, 3.8) is 0 Å². The Morgan fingerprint density at radius 1 is 1.09 bits per heavy atom. The largest absolute Gasteiger partial charge is 0.341 e. The van der Waals surface area contributed by atoms with Gasteiger partial charge in [0.25, 0.3) is 0 Å². The number of aryl methyl sites for hydroxylation is 1. The summed E-state index contributed by atoms with van der Waals surface area (Å²) in [5.74, 6) is 1.09. The minimum atomic E-state index is -0.0971. The fraction of sp³-hybridized carbons (Fsp3) is 0.556. The molecule has 0 radical (unpaired) electrons. The summed E-state index contributed by atoms with van der Waals surface area (Å²) in [5.41, 5.74) is 1.64. The molecule has 5 heteroatoms. The van der Waals surface area contributed by atoms with E-state index in [9.17, 15) is 9.59 Å². The van der Waals surface area contributed by atoms with Crippen LogP contribution in [0.3, 0.4) is 0 Å². The summed E-state index contributed by atoms with van der Waals surface area (Å²) in [6, 6.07) is 7.69. The second kappa shape index (κ2) is 6.22. The minimum Gasteiger partial charge on any atom is -0.341 e. The van der Waals surface area contributed by atoms with Crippen LogP contribution in [-0.4, -0.2) is 33.0 Å². The quantitative estimate of drug-likeness (QED) is 0.873. The number of fused-ring (bicyclic) bond motifs is 1. The van der Waals surface area contributed by atoms with Crippen molar-refractivity contribution in [1.82, 2.24) is 14.0 Å². The lowest BCUT2D eigenvalue weighted by atomic mass is 9.92. The van der Waals surface area contributed by atoms with Gasteiger partial charge in [0, 0.05) is 19.6 Å². The van der Waals surface area contributed by atoms with Crippen molar-refractivity contribution in [2.24, 2.45) is 11.8 Å². The van der Waals surface area contributed by atoms with Gasteiger partial charge in [-0.15, -0.1) is 0 Å². The first-order valence-electron chi connectivity index (χ1n) is 8.47. The zero-order chi connectivity index (χ0) is 16.6. The van der Waals surface area contributed by atoms with Gasteiger partial charge in [-0.25, -0.2) is 4.79 Å². The van der Waals surface area contributed by atoms with Crippen molar-refractivity contribution >= 4 is 16.9 Å². The van der Waals surface area contributed by atoms with Crippen molar-refractivity contribution < 1.29 is 4.79 Å². The maximum absolute atomic E-state index is 12.7. The summed E-state index contributed by atoms with van der Waals surface area (Å²) in [6.45, 7) is 8.66. The minimum absolute atomic E-state index is 0.0458. The van der Waals surface area contributed by atoms with Crippen LogP contribution in [0.2, 0.25) is 0 Å². The Kier molecular flexibility index (Phi) is 4.28. The van der Waals surface area contributed by atoms with E-state index in [4.69, 9.17) is 0 Å². The average Bonchev–Trinajstić information content (AvgIpc) is 2.78. The monoisotopic (exact) mass is 315 g/mol. The summed E-state index contributed by atoms with van der Waals surface area (Å²) >= 11 is 0. The number of rotatable bonds is 3. The molecule has 0 saturated carbocycles. The Balaban J connectivity index is 1.91. The Morgan fingerprint density at radius 2 is 1.65 bits per heavy atom. The average molecular weight is 315 g/mol. The van der Waals surface area contributed by atoms with Crippen molar-refractivity contribution in [2.75, 3.05) is 13.1 Å². The van der Waals surface area contributed by atoms with Gasteiger partial charge in [0.15, 0.2) is 0 Å². The molecule has 23 heavy (non-hydrogen) atoms. The van der Waals surface area contributed by atoms with Crippen LogP contribution in [0.5, 0.6) is 0 Å². The number of aromatic nitrogens is 2. The number of amides is 1. The number of piperidine rings is 1. The summed E-state index contributed by atoms with van der Waals surface area (Å²) in [7, 11) is 0. The lowest BCUT2D eigenvalue weighted by Gasteiger charge is -2.35. The Labute approximate surface area is 136 Å². The lowest BCUT2D eigenvalue weighted by molar-refractivity contribution is -0.134. The van der Waals surface area contributed by atoms with Gasteiger partial charge in [-0.1, -0.05) is 26.0 Å². The molecule has 1 saturated heterocycles. The lowest BCUT2D eigenvalue weighted by Crippen LogP contribution is -2.44. The normalized spacial score (nSPS) is 21.8. The molecule has 5 nitrogen and oxygen atoms in total. The van der Waals surface area contributed by atoms with Crippen LogP contribution in [0.4, 0.5) is 0 Å². The summed E-state index contributed by atoms with van der Waals surface area (Å²) in [5, 5.41) is 0. The smallest absolute Gasteiger partial charge is 0.329 e. The third-order valence-corrected chi connectivity index (χ3v) is 4.76. The van der Waals surface area contributed by atoms with Gasteiger partial charge in [0.05, 0.1) is 11.0 Å². The van der Waals surface area contributed by atoms with Gasteiger partial charge < -0.3 is 4.90 Å². The van der Waals surface area contributed by atoms with Gasteiger partial charge in [0.2, 0.25) is 5.91 Å². The van der Waals surface area contributed by atoms with Crippen molar-refractivity contribution in [3.8, 4) is 0 Å². The molecular formula is C18H25N3O2. The van der Waals surface area contributed by atoms with Gasteiger partial charge in [-0.05, 0) is 37.3 Å². The fourth-order valence-corrected chi connectivity index (χ4v) is 3.83. The molecule has 1 amide bonds.